The van der Waals surface area contributed by atoms with Crippen molar-refractivity contribution in [2.75, 3.05) is 18.8 Å². The average Bonchev–Trinajstić information content (AvgIpc) is 2.76. The van der Waals surface area contributed by atoms with Gasteiger partial charge in [0.2, 0.25) is 5.91 Å². The molecule has 2 rings (SSSR count). The lowest BCUT2D eigenvalue weighted by Crippen LogP contribution is -2.41. The number of nitrogens with one attached hydrogen (secondary N) is 2. The van der Waals surface area contributed by atoms with E-state index in [1.165, 1.54) is 19.3 Å². The van der Waals surface area contributed by atoms with Gasteiger partial charge in [0, 0.05) is 23.4 Å². The first kappa shape index (κ1) is 16.7. The Balaban J connectivity index is 1.62. The lowest BCUT2D eigenvalue weighted by Gasteiger charge is -2.16. The molecule has 1 aromatic rings. The molecule has 0 bridgehead atoms. The first-order valence-electron chi connectivity index (χ1n) is 7.57. The van der Waals surface area contributed by atoms with Crippen LogP contribution in [0, 0.1) is 0 Å². The van der Waals surface area contributed by atoms with Crippen molar-refractivity contribution < 1.29 is 4.79 Å². The summed E-state index contributed by atoms with van der Waals surface area (Å²) in [5.74, 6) is 1.37. The van der Waals surface area contributed by atoms with Gasteiger partial charge >= 0.3 is 0 Å². The van der Waals surface area contributed by atoms with Gasteiger partial charge in [0.1, 0.15) is 0 Å². The highest BCUT2D eigenvalue weighted by atomic mass is 35.5. The van der Waals surface area contributed by atoms with Crippen molar-refractivity contribution in [1.82, 2.24) is 10.6 Å². The van der Waals surface area contributed by atoms with E-state index >= 15 is 0 Å². The van der Waals surface area contributed by atoms with E-state index in [9.17, 15) is 4.79 Å². The molecule has 2 N–H and O–H groups in total. The van der Waals surface area contributed by atoms with Crippen LogP contribution in [0.1, 0.15) is 31.2 Å². The highest BCUT2D eigenvalue weighted by Crippen LogP contribution is 2.20. The molecule has 1 fully saturated rings. The van der Waals surface area contributed by atoms with Crippen LogP contribution in [-0.2, 0) is 10.5 Å². The number of carbonyl (C=O) groups is 1. The summed E-state index contributed by atoms with van der Waals surface area (Å²) < 4.78 is 0. The van der Waals surface area contributed by atoms with Crippen LogP contribution in [0.4, 0.5) is 0 Å². The molecule has 0 aliphatic carbocycles. The smallest absolute Gasteiger partial charge is 0.230 e. The Labute approximate surface area is 136 Å². The lowest BCUT2D eigenvalue weighted by atomic mass is 10.1. The molecule has 1 atom stereocenters. The molecular formula is C16H23ClN2OS. The maximum absolute atomic E-state index is 11.9. The van der Waals surface area contributed by atoms with Crippen molar-refractivity contribution in [2.24, 2.45) is 0 Å². The van der Waals surface area contributed by atoms with Crippen molar-refractivity contribution in [3.63, 3.8) is 0 Å². The van der Waals surface area contributed by atoms with Gasteiger partial charge in [-0.05, 0) is 31.0 Å². The normalized spacial score (nSPS) is 19.0. The van der Waals surface area contributed by atoms with E-state index in [4.69, 9.17) is 11.6 Å². The molecule has 116 valence electrons. The maximum atomic E-state index is 11.9. The van der Waals surface area contributed by atoms with Crippen molar-refractivity contribution in [2.45, 2.75) is 37.5 Å². The Morgan fingerprint density at radius 3 is 3.05 bits per heavy atom. The fourth-order valence-electron chi connectivity index (χ4n) is 2.43. The van der Waals surface area contributed by atoms with Gasteiger partial charge in [0.05, 0.1) is 5.75 Å². The van der Waals surface area contributed by atoms with E-state index in [-0.39, 0.29) is 5.91 Å². The van der Waals surface area contributed by atoms with Gasteiger partial charge in [-0.2, -0.15) is 0 Å². The predicted octanol–water partition coefficient (Wildman–Crippen LogP) is 3.22. The molecule has 1 amide bonds. The number of rotatable bonds is 6. The van der Waals surface area contributed by atoms with E-state index in [1.807, 2.05) is 24.3 Å². The van der Waals surface area contributed by atoms with Gasteiger partial charge in [-0.1, -0.05) is 42.6 Å². The van der Waals surface area contributed by atoms with Crippen LogP contribution in [-0.4, -0.2) is 30.8 Å². The molecule has 0 spiro atoms. The summed E-state index contributed by atoms with van der Waals surface area (Å²) in [6.07, 6.45) is 4.96. The number of carbonyl (C=O) groups excluding carboxylic acids is 1. The van der Waals surface area contributed by atoms with Gasteiger partial charge in [0.25, 0.3) is 0 Å². The second kappa shape index (κ2) is 9.34. The molecule has 1 aromatic carbocycles. The summed E-state index contributed by atoms with van der Waals surface area (Å²) in [5.41, 5.74) is 1.09. The van der Waals surface area contributed by atoms with Gasteiger partial charge in [-0.25, -0.2) is 0 Å². The van der Waals surface area contributed by atoms with Crippen molar-refractivity contribution in [3.05, 3.63) is 34.9 Å². The summed E-state index contributed by atoms with van der Waals surface area (Å²) in [5, 5.41) is 7.28. The molecule has 1 saturated heterocycles. The molecule has 3 nitrogen and oxygen atoms in total. The Hall–Kier alpha value is -0.710. The summed E-state index contributed by atoms with van der Waals surface area (Å²) in [7, 11) is 0. The Kier molecular flexibility index (Phi) is 7.41. The molecule has 0 aromatic heterocycles. The van der Waals surface area contributed by atoms with Crippen LogP contribution < -0.4 is 10.6 Å². The van der Waals surface area contributed by atoms with Gasteiger partial charge in [0.15, 0.2) is 0 Å². The standard InChI is InChI=1S/C16H23ClN2OS/c17-15-8-4-3-6-13(15)11-21-12-16(20)19-10-14-7-2-1-5-9-18-14/h3-4,6,8,14,18H,1-2,5,7,9-12H2,(H,19,20). The number of hydrogen-bond acceptors (Lipinski definition) is 3. The van der Waals surface area contributed by atoms with Gasteiger partial charge < -0.3 is 10.6 Å². The molecule has 1 heterocycles. The van der Waals surface area contributed by atoms with Crippen molar-refractivity contribution >= 4 is 29.3 Å². The number of benzene rings is 1. The molecular weight excluding hydrogens is 304 g/mol. The van der Waals surface area contributed by atoms with Gasteiger partial charge in [-0.3, -0.25) is 4.79 Å². The highest BCUT2D eigenvalue weighted by Gasteiger charge is 2.12. The van der Waals surface area contributed by atoms with Crippen molar-refractivity contribution in [3.8, 4) is 0 Å². The second-order valence-electron chi connectivity index (χ2n) is 5.39. The zero-order valence-electron chi connectivity index (χ0n) is 12.2. The first-order valence-corrected chi connectivity index (χ1v) is 9.10. The van der Waals surface area contributed by atoms with E-state index in [0.717, 1.165) is 35.8 Å². The van der Waals surface area contributed by atoms with Crippen molar-refractivity contribution in [1.29, 1.82) is 0 Å². The van der Waals surface area contributed by atoms with E-state index in [0.29, 0.717) is 11.8 Å². The van der Waals surface area contributed by atoms with Crippen LogP contribution in [0.15, 0.2) is 24.3 Å². The quantitative estimate of drug-likeness (QED) is 0.843. The monoisotopic (exact) mass is 326 g/mol. The summed E-state index contributed by atoms with van der Waals surface area (Å²) in [6.45, 7) is 1.81. The highest BCUT2D eigenvalue weighted by molar-refractivity contribution is 7.99. The molecule has 0 radical (unpaired) electrons. The van der Waals surface area contributed by atoms with E-state index < -0.39 is 0 Å². The average molecular weight is 327 g/mol. The number of thioether (sulfide) groups is 1. The zero-order valence-corrected chi connectivity index (χ0v) is 13.8. The van der Waals surface area contributed by atoms with Gasteiger partial charge in [-0.15, -0.1) is 11.8 Å². The predicted molar refractivity (Wildman–Crippen MR) is 90.9 cm³/mol. The second-order valence-corrected chi connectivity index (χ2v) is 6.78. The third kappa shape index (κ3) is 6.29. The minimum Gasteiger partial charge on any atom is -0.354 e. The minimum absolute atomic E-state index is 0.109. The van der Waals surface area contributed by atoms with Crippen LogP contribution in [0.2, 0.25) is 5.02 Å². The largest absolute Gasteiger partial charge is 0.354 e. The third-order valence-electron chi connectivity index (χ3n) is 3.66. The van der Waals surface area contributed by atoms with Crippen LogP contribution in [0.25, 0.3) is 0 Å². The number of hydrogen-bond donors (Lipinski definition) is 2. The Morgan fingerprint density at radius 2 is 2.19 bits per heavy atom. The zero-order chi connectivity index (χ0) is 14.9. The topological polar surface area (TPSA) is 41.1 Å². The van der Waals surface area contributed by atoms with Crippen LogP contribution in [0.3, 0.4) is 0 Å². The fraction of sp³-hybridized carbons (Fsp3) is 0.562. The Morgan fingerprint density at radius 1 is 1.33 bits per heavy atom. The first-order chi connectivity index (χ1) is 10.3. The third-order valence-corrected chi connectivity index (χ3v) is 5.01. The molecule has 0 saturated carbocycles. The summed E-state index contributed by atoms with van der Waals surface area (Å²) in [6, 6.07) is 8.21. The molecule has 21 heavy (non-hydrogen) atoms. The minimum atomic E-state index is 0.109. The summed E-state index contributed by atoms with van der Waals surface area (Å²) >= 11 is 7.70. The fourth-order valence-corrected chi connectivity index (χ4v) is 3.58. The summed E-state index contributed by atoms with van der Waals surface area (Å²) in [4.78, 5) is 11.9. The number of amides is 1. The molecule has 1 aliphatic rings. The van der Waals surface area contributed by atoms with Crippen LogP contribution >= 0.6 is 23.4 Å². The maximum Gasteiger partial charge on any atom is 0.230 e. The lowest BCUT2D eigenvalue weighted by molar-refractivity contribution is -0.118. The molecule has 1 unspecified atom stereocenters. The van der Waals surface area contributed by atoms with E-state index in [2.05, 4.69) is 10.6 Å². The van der Waals surface area contributed by atoms with Crippen LogP contribution in [0.5, 0.6) is 0 Å². The van der Waals surface area contributed by atoms with E-state index in [1.54, 1.807) is 11.8 Å². The Bertz CT molecular complexity index is 448. The molecule has 5 heteroatoms. The SMILES string of the molecule is O=C(CSCc1ccccc1Cl)NCC1CCCCCN1. The molecule has 1 aliphatic heterocycles. The number of halogens is 1.